The van der Waals surface area contributed by atoms with Crippen LogP contribution in [0.25, 0.3) is 0 Å². The number of rotatable bonds is 5. The van der Waals surface area contributed by atoms with E-state index in [0.29, 0.717) is 37.2 Å². The summed E-state index contributed by atoms with van der Waals surface area (Å²) in [4.78, 5) is 12.6. The van der Waals surface area contributed by atoms with Crippen molar-refractivity contribution in [2.75, 3.05) is 25.5 Å². The average Bonchev–Trinajstić information content (AvgIpc) is 2.78. The number of hydrogen-bond acceptors (Lipinski definition) is 4. The van der Waals surface area contributed by atoms with E-state index < -0.39 is 23.9 Å². The van der Waals surface area contributed by atoms with Crippen molar-refractivity contribution < 1.29 is 22.7 Å². The molecule has 166 valence electrons. The van der Waals surface area contributed by atoms with Gasteiger partial charge in [-0.1, -0.05) is 30.3 Å². The van der Waals surface area contributed by atoms with Crippen LogP contribution >= 0.6 is 0 Å². The zero-order valence-electron chi connectivity index (χ0n) is 17.2. The largest absolute Gasteiger partial charge is 0.416 e. The monoisotopic (exact) mass is 433 g/mol. The number of likely N-dealkylation sites (N-methyl/N-ethyl adjacent to an activating group) is 1. The first kappa shape index (κ1) is 21.6. The fourth-order valence-corrected chi connectivity index (χ4v) is 4.48. The number of amides is 1. The second kappa shape index (κ2) is 8.88. The van der Waals surface area contributed by atoms with Crippen molar-refractivity contribution in [3.8, 4) is 0 Å². The van der Waals surface area contributed by atoms with Gasteiger partial charge in [0.2, 0.25) is 5.91 Å². The highest BCUT2D eigenvalue weighted by atomic mass is 19.4. The highest BCUT2D eigenvalue weighted by Crippen LogP contribution is 2.51. The number of alkyl halides is 3. The van der Waals surface area contributed by atoms with E-state index >= 15 is 0 Å². The van der Waals surface area contributed by atoms with Gasteiger partial charge in [-0.15, -0.1) is 0 Å². The predicted molar refractivity (Wildman–Crippen MR) is 112 cm³/mol. The Morgan fingerprint density at radius 2 is 1.90 bits per heavy atom. The van der Waals surface area contributed by atoms with Gasteiger partial charge in [0.05, 0.1) is 17.7 Å². The van der Waals surface area contributed by atoms with Crippen molar-refractivity contribution >= 4 is 11.6 Å². The first-order valence-corrected chi connectivity index (χ1v) is 10.5. The van der Waals surface area contributed by atoms with Crippen LogP contribution in [0, 0.1) is 5.92 Å². The maximum atomic E-state index is 13.4. The van der Waals surface area contributed by atoms with E-state index in [1.165, 1.54) is 6.07 Å². The zero-order valence-corrected chi connectivity index (χ0v) is 17.2. The summed E-state index contributed by atoms with van der Waals surface area (Å²) >= 11 is 0. The molecule has 1 fully saturated rings. The molecule has 3 N–H and O–H groups in total. The van der Waals surface area contributed by atoms with Crippen molar-refractivity contribution in [2.24, 2.45) is 5.92 Å². The van der Waals surface area contributed by atoms with Crippen LogP contribution in [0.2, 0.25) is 0 Å². The molecule has 4 rings (SSSR count). The van der Waals surface area contributed by atoms with Gasteiger partial charge < -0.3 is 20.7 Å². The topological polar surface area (TPSA) is 62.4 Å². The lowest BCUT2D eigenvalue weighted by Crippen LogP contribution is -2.46. The molecule has 0 spiro atoms. The number of halogens is 3. The molecule has 1 saturated heterocycles. The van der Waals surface area contributed by atoms with Gasteiger partial charge >= 0.3 is 6.18 Å². The smallest absolute Gasteiger partial charge is 0.378 e. The molecule has 0 bridgehead atoms. The quantitative estimate of drug-likeness (QED) is 0.623. The van der Waals surface area contributed by atoms with E-state index in [1.54, 1.807) is 7.05 Å². The first-order chi connectivity index (χ1) is 14.9. The van der Waals surface area contributed by atoms with E-state index in [-0.39, 0.29) is 17.9 Å². The summed E-state index contributed by atoms with van der Waals surface area (Å²) in [7, 11) is 1.79. The third kappa shape index (κ3) is 4.55. The van der Waals surface area contributed by atoms with Crippen LogP contribution in [0.4, 0.5) is 18.9 Å². The van der Waals surface area contributed by atoms with Crippen LogP contribution in [0.15, 0.2) is 48.5 Å². The Morgan fingerprint density at radius 1 is 1.13 bits per heavy atom. The molecule has 5 nitrogen and oxygen atoms in total. The molecule has 2 aliphatic rings. The van der Waals surface area contributed by atoms with Crippen LogP contribution in [0.1, 0.15) is 41.7 Å². The van der Waals surface area contributed by atoms with Crippen molar-refractivity contribution in [3.05, 3.63) is 65.2 Å². The SMILES string of the molecule is CNCCNC(=O)[C@@H]1CC[C@@H]2[C@H](O1)c1cc(C(F)(F)F)ccc1N[C@H]2c1ccccc1. The molecular weight excluding hydrogens is 407 g/mol. The molecule has 31 heavy (non-hydrogen) atoms. The van der Waals surface area contributed by atoms with Gasteiger partial charge in [0, 0.05) is 30.3 Å². The predicted octanol–water partition coefficient (Wildman–Crippen LogP) is 4.04. The fourth-order valence-electron chi connectivity index (χ4n) is 4.48. The number of carbonyl (C=O) groups is 1. The van der Waals surface area contributed by atoms with E-state index in [0.717, 1.165) is 17.7 Å². The summed E-state index contributed by atoms with van der Waals surface area (Å²) in [5.41, 5.74) is 1.40. The molecule has 0 aliphatic carbocycles. The van der Waals surface area contributed by atoms with E-state index in [4.69, 9.17) is 4.74 Å². The number of anilines is 1. The zero-order chi connectivity index (χ0) is 22.0. The molecule has 0 aromatic heterocycles. The molecule has 2 aromatic carbocycles. The Morgan fingerprint density at radius 3 is 2.61 bits per heavy atom. The summed E-state index contributed by atoms with van der Waals surface area (Å²) in [5, 5.41) is 9.21. The molecule has 0 radical (unpaired) electrons. The molecule has 0 saturated carbocycles. The lowest BCUT2D eigenvalue weighted by atomic mass is 9.76. The summed E-state index contributed by atoms with van der Waals surface area (Å²) in [6.45, 7) is 1.09. The minimum atomic E-state index is -4.45. The Hall–Kier alpha value is -2.58. The number of carbonyl (C=O) groups excluding carboxylic acids is 1. The number of fused-ring (bicyclic) bond motifs is 3. The molecule has 1 amide bonds. The maximum Gasteiger partial charge on any atom is 0.416 e. The third-order valence-corrected chi connectivity index (χ3v) is 6.01. The van der Waals surface area contributed by atoms with Gasteiger partial charge in [-0.25, -0.2) is 0 Å². The standard InChI is InChI=1S/C23H26F3N3O2/c1-27-11-12-28-22(30)19-10-8-16-20(14-5-3-2-4-6-14)29-18-9-7-15(23(24,25)26)13-17(18)21(16)31-19/h2-7,9,13,16,19-21,27,29H,8,10-12H2,1H3,(H,28,30)/t16-,19-,20-,21-/m0/s1. The van der Waals surface area contributed by atoms with Crippen molar-refractivity contribution in [3.63, 3.8) is 0 Å². The van der Waals surface area contributed by atoms with Gasteiger partial charge in [-0.05, 0) is 43.7 Å². The summed E-state index contributed by atoms with van der Waals surface area (Å²) in [6.07, 6.45) is -4.55. The molecule has 4 atom stereocenters. The van der Waals surface area contributed by atoms with Gasteiger partial charge in [0.25, 0.3) is 0 Å². The molecule has 2 aromatic rings. The van der Waals surface area contributed by atoms with E-state index in [1.807, 2.05) is 30.3 Å². The summed E-state index contributed by atoms with van der Waals surface area (Å²) in [5.74, 6) is -0.309. The lowest BCUT2D eigenvalue weighted by molar-refractivity contribution is -0.149. The Labute approximate surface area is 179 Å². The minimum Gasteiger partial charge on any atom is -0.378 e. The Balaban J connectivity index is 1.66. The van der Waals surface area contributed by atoms with Crippen molar-refractivity contribution in [1.29, 1.82) is 0 Å². The minimum absolute atomic E-state index is 0.0836. The normalized spacial score (nSPS) is 25.2. The van der Waals surface area contributed by atoms with E-state index in [2.05, 4.69) is 16.0 Å². The summed E-state index contributed by atoms with van der Waals surface area (Å²) in [6, 6.07) is 13.4. The molecule has 2 aliphatic heterocycles. The second-order valence-electron chi connectivity index (χ2n) is 8.01. The van der Waals surface area contributed by atoms with Crippen LogP contribution < -0.4 is 16.0 Å². The Bertz CT molecular complexity index is 920. The third-order valence-electron chi connectivity index (χ3n) is 6.01. The number of ether oxygens (including phenoxy) is 1. The van der Waals surface area contributed by atoms with Crippen LogP contribution in [-0.4, -0.2) is 32.1 Å². The van der Waals surface area contributed by atoms with Gasteiger partial charge in [-0.2, -0.15) is 13.2 Å². The van der Waals surface area contributed by atoms with Crippen molar-refractivity contribution in [1.82, 2.24) is 10.6 Å². The number of nitrogens with one attached hydrogen (secondary N) is 3. The molecule has 0 unspecified atom stereocenters. The van der Waals surface area contributed by atoms with Crippen LogP contribution in [-0.2, 0) is 15.7 Å². The lowest BCUT2D eigenvalue weighted by Gasteiger charge is -2.45. The molecule has 2 heterocycles. The van der Waals surface area contributed by atoms with Gasteiger partial charge in [-0.3, -0.25) is 4.79 Å². The highest BCUT2D eigenvalue weighted by molar-refractivity contribution is 5.81. The highest BCUT2D eigenvalue weighted by Gasteiger charge is 2.44. The maximum absolute atomic E-state index is 13.4. The molecule has 8 heteroatoms. The molecular formula is C23H26F3N3O2. The second-order valence-corrected chi connectivity index (χ2v) is 8.01. The number of hydrogen-bond donors (Lipinski definition) is 3. The van der Waals surface area contributed by atoms with E-state index in [9.17, 15) is 18.0 Å². The summed E-state index contributed by atoms with van der Waals surface area (Å²) < 4.78 is 46.3. The van der Waals surface area contributed by atoms with Crippen LogP contribution in [0.3, 0.4) is 0 Å². The average molecular weight is 433 g/mol. The van der Waals surface area contributed by atoms with Crippen LogP contribution in [0.5, 0.6) is 0 Å². The first-order valence-electron chi connectivity index (χ1n) is 10.5. The van der Waals surface area contributed by atoms with Gasteiger partial charge in [0.15, 0.2) is 0 Å². The van der Waals surface area contributed by atoms with Gasteiger partial charge in [0.1, 0.15) is 6.10 Å². The fraction of sp³-hybridized carbons (Fsp3) is 0.435. The van der Waals surface area contributed by atoms with Crippen molar-refractivity contribution in [2.45, 2.75) is 37.3 Å². The number of benzene rings is 2. The Kier molecular flexibility index (Phi) is 6.20.